The summed E-state index contributed by atoms with van der Waals surface area (Å²) in [4.78, 5) is 10.5. The molecule has 5 nitrogen and oxygen atoms in total. The second kappa shape index (κ2) is 6.04. The predicted molar refractivity (Wildman–Crippen MR) is 76.6 cm³/mol. The summed E-state index contributed by atoms with van der Waals surface area (Å²) in [5, 5.41) is 23.5. The van der Waals surface area contributed by atoms with E-state index in [4.69, 9.17) is 16.9 Å². The van der Waals surface area contributed by atoms with Gasteiger partial charge < -0.3 is 5.32 Å². The van der Waals surface area contributed by atoms with Gasteiger partial charge in [-0.2, -0.15) is 5.26 Å². The predicted octanol–water partition coefficient (Wildman–Crippen LogP) is 3.73. The van der Waals surface area contributed by atoms with Crippen LogP contribution in [0.3, 0.4) is 0 Å². The number of benzene rings is 2. The van der Waals surface area contributed by atoms with Gasteiger partial charge in [-0.1, -0.05) is 29.8 Å². The van der Waals surface area contributed by atoms with Crippen LogP contribution >= 0.6 is 11.6 Å². The van der Waals surface area contributed by atoms with Gasteiger partial charge in [0.2, 0.25) is 0 Å². The Labute approximate surface area is 120 Å². The first kappa shape index (κ1) is 13.8. The van der Waals surface area contributed by atoms with Gasteiger partial charge >= 0.3 is 5.69 Å². The Hall–Kier alpha value is -2.58. The molecular weight excluding hydrogens is 278 g/mol. The molecule has 0 aliphatic heterocycles. The molecule has 0 amide bonds. The summed E-state index contributed by atoms with van der Waals surface area (Å²) in [6, 6.07) is 13.6. The summed E-state index contributed by atoms with van der Waals surface area (Å²) in [6.45, 7) is 0.385. The fraction of sp³-hybridized carbons (Fsp3) is 0.0714. The minimum atomic E-state index is -0.557. The van der Waals surface area contributed by atoms with E-state index < -0.39 is 4.92 Å². The van der Waals surface area contributed by atoms with E-state index in [0.29, 0.717) is 17.3 Å². The molecule has 0 radical (unpaired) electrons. The van der Waals surface area contributed by atoms with Crippen molar-refractivity contribution < 1.29 is 4.92 Å². The summed E-state index contributed by atoms with van der Waals surface area (Å²) in [7, 11) is 0. The molecule has 0 saturated heterocycles. The van der Waals surface area contributed by atoms with Crippen LogP contribution in [0.15, 0.2) is 42.5 Å². The summed E-state index contributed by atoms with van der Waals surface area (Å²) >= 11 is 5.88. The zero-order valence-corrected chi connectivity index (χ0v) is 11.1. The molecule has 0 saturated carbocycles. The molecule has 0 fully saturated rings. The highest BCUT2D eigenvalue weighted by molar-refractivity contribution is 6.30. The molecule has 2 aromatic carbocycles. The van der Waals surface area contributed by atoms with Crippen molar-refractivity contribution in [3.63, 3.8) is 0 Å². The normalized spacial score (nSPS) is 9.80. The van der Waals surface area contributed by atoms with Crippen LogP contribution in [0.5, 0.6) is 0 Å². The zero-order valence-electron chi connectivity index (χ0n) is 10.3. The number of rotatable bonds is 4. The number of para-hydroxylation sites is 1. The highest BCUT2D eigenvalue weighted by Crippen LogP contribution is 2.28. The van der Waals surface area contributed by atoms with Gasteiger partial charge in [0.05, 0.1) is 4.92 Å². The Morgan fingerprint density at radius 2 is 2.05 bits per heavy atom. The average molecular weight is 288 g/mol. The van der Waals surface area contributed by atoms with Gasteiger partial charge in [0, 0.05) is 11.6 Å². The number of nitrogens with zero attached hydrogens (tertiary/aromatic N) is 2. The largest absolute Gasteiger partial charge is 0.375 e. The smallest absolute Gasteiger partial charge is 0.309 e. The first-order valence-electron chi connectivity index (χ1n) is 5.77. The van der Waals surface area contributed by atoms with Gasteiger partial charge in [-0.25, -0.2) is 0 Å². The number of nitro groups is 1. The minimum absolute atomic E-state index is 0.0334. The molecule has 0 aliphatic rings. The highest BCUT2D eigenvalue weighted by atomic mass is 35.5. The van der Waals surface area contributed by atoms with E-state index in [0.717, 1.165) is 5.56 Å². The first-order chi connectivity index (χ1) is 9.61. The molecule has 1 N–H and O–H groups in total. The number of nitrogens with one attached hydrogen (secondary N) is 1. The van der Waals surface area contributed by atoms with Crippen LogP contribution in [0, 0.1) is 21.4 Å². The van der Waals surface area contributed by atoms with Crippen LogP contribution in [0.25, 0.3) is 0 Å². The van der Waals surface area contributed by atoms with Gasteiger partial charge in [-0.05, 0) is 29.8 Å². The van der Waals surface area contributed by atoms with E-state index in [9.17, 15) is 10.1 Å². The Balaban J connectivity index is 2.26. The number of nitro benzene ring substituents is 1. The summed E-state index contributed by atoms with van der Waals surface area (Å²) in [6.07, 6.45) is 0. The van der Waals surface area contributed by atoms with Crippen molar-refractivity contribution in [2.75, 3.05) is 5.32 Å². The average Bonchev–Trinajstić information content (AvgIpc) is 2.44. The molecule has 0 aliphatic carbocycles. The Morgan fingerprint density at radius 3 is 2.70 bits per heavy atom. The lowest BCUT2D eigenvalue weighted by Gasteiger charge is -2.08. The van der Waals surface area contributed by atoms with Crippen LogP contribution in [0.1, 0.15) is 11.1 Å². The van der Waals surface area contributed by atoms with Crippen molar-refractivity contribution in [2.24, 2.45) is 0 Å². The third-order valence-corrected chi connectivity index (χ3v) is 2.95. The van der Waals surface area contributed by atoms with E-state index in [2.05, 4.69) is 5.32 Å². The van der Waals surface area contributed by atoms with Crippen LogP contribution in [0.2, 0.25) is 5.02 Å². The van der Waals surface area contributed by atoms with E-state index >= 15 is 0 Å². The lowest BCUT2D eigenvalue weighted by molar-refractivity contribution is -0.384. The standard InChI is InChI=1S/C14H10ClN3O2/c15-12-5-1-3-10(7-12)9-17-13-6-2-4-11(8-16)14(13)18(19)20/h1-7,17H,9H2. The van der Waals surface area contributed by atoms with E-state index in [1.165, 1.54) is 6.07 Å². The summed E-state index contributed by atoms with van der Waals surface area (Å²) in [5.41, 5.74) is 1.03. The van der Waals surface area contributed by atoms with Crippen molar-refractivity contribution in [3.8, 4) is 6.07 Å². The van der Waals surface area contributed by atoms with E-state index in [1.54, 1.807) is 30.3 Å². The Morgan fingerprint density at radius 1 is 1.30 bits per heavy atom. The van der Waals surface area contributed by atoms with Gasteiger partial charge in [-0.3, -0.25) is 10.1 Å². The van der Waals surface area contributed by atoms with Crippen molar-refractivity contribution in [3.05, 3.63) is 68.7 Å². The molecular formula is C14H10ClN3O2. The Bertz CT molecular complexity index is 695. The maximum Gasteiger partial charge on any atom is 0.309 e. The molecule has 0 atom stereocenters. The molecule has 0 bridgehead atoms. The van der Waals surface area contributed by atoms with Gasteiger partial charge in [-0.15, -0.1) is 0 Å². The molecule has 100 valence electrons. The molecule has 2 rings (SSSR count). The van der Waals surface area contributed by atoms with Crippen LogP contribution in [0.4, 0.5) is 11.4 Å². The summed E-state index contributed by atoms with van der Waals surface area (Å²) < 4.78 is 0. The van der Waals surface area contributed by atoms with Gasteiger partial charge in [0.1, 0.15) is 17.3 Å². The zero-order chi connectivity index (χ0) is 14.5. The lowest BCUT2D eigenvalue weighted by atomic mass is 10.1. The van der Waals surface area contributed by atoms with Crippen LogP contribution in [-0.2, 0) is 6.54 Å². The van der Waals surface area contributed by atoms with Gasteiger partial charge in [0.25, 0.3) is 0 Å². The molecule has 0 heterocycles. The molecule has 20 heavy (non-hydrogen) atoms. The van der Waals surface area contributed by atoms with E-state index in [1.807, 2.05) is 12.1 Å². The first-order valence-corrected chi connectivity index (χ1v) is 6.15. The lowest BCUT2D eigenvalue weighted by Crippen LogP contribution is -2.04. The fourth-order valence-corrected chi connectivity index (χ4v) is 2.03. The number of hydrogen-bond donors (Lipinski definition) is 1. The number of halogens is 1. The van der Waals surface area contributed by atoms with E-state index in [-0.39, 0.29) is 11.3 Å². The van der Waals surface area contributed by atoms with Crippen LogP contribution < -0.4 is 5.32 Å². The topological polar surface area (TPSA) is 79.0 Å². The molecule has 6 heteroatoms. The fourth-order valence-electron chi connectivity index (χ4n) is 1.82. The molecule has 2 aromatic rings. The third-order valence-electron chi connectivity index (χ3n) is 2.71. The number of nitriles is 1. The highest BCUT2D eigenvalue weighted by Gasteiger charge is 2.19. The molecule has 0 unspecified atom stereocenters. The minimum Gasteiger partial charge on any atom is -0.375 e. The molecule has 0 spiro atoms. The second-order valence-electron chi connectivity index (χ2n) is 4.05. The van der Waals surface area contributed by atoms with Crippen molar-refractivity contribution in [1.29, 1.82) is 5.26 Å². The number of anilines is 1. The number of hydrogen-bond acceptors (Lipinski definition) is 4. The quantitative estimate of drug-likeness (QED) is 0.686. The third kappa shape index (κ3) is 3.05. The SMILES string of the molecule is N#Cc1cccc(NCc2cccc(Cl)c2)c1[N+](=O)[O-]. The Kier molecular flexibility index (Phi) is 4.18. The van der Waals surface area contributed by atoms with Crippen LogP contribution in [-0.4, -0.2) is 4.92 Å². The monoisotopic (exact) mass is 287 g/mol. The summed E-state index contributed by atoms with van der Waals surface area (Å²) in [5.74, 6) is 0. The maximum absolute atomic E-state index is 11.1. The second-order valence-corrected chi connectivity index (χ2v) is 4.49. The van der Waals surface area contributed by atoms with Crippen molar-refractivity contribution in [2.45, 2.75) is 6.54 Å². The molecule has 0 aromatic heterocycles. The van der Waals surface area contributed by atoms with Crippen molar-refractivity contribution in [1.82, 2.24) is 0 Å². The van der Waals surface area contributed by atoms with Crippen molar-refractivity contribution >= 4 is 23.0 Å². The van der Waals surface area contributed by atoms with Gasteiger partial charge in [0.15, 0.2) is 0 Å². The maximum atomic E-state index is 11.1.